The number of nitrogens with one attached hydrogen (secondary N) is 3. The van der Waals surface area contributed by atoms with Crippen molar-refractivity contribution in [3.05, 3.63) is 95.8 Å². The van der Waals surface area contributed by atoms with Gasteiger partial charge in [0.15, 0.2) is 0 Å². The first-order chi connectivity index (χ1) is 16.6. The number of carbonyl (C=O) groups is 1. The molecule has 0 fully saturated rings. The highest BCUT2D eigenvalue weighted by atomic mass is 16.5. The van der Waals surface area contributed by atoms with Crippen LogP contribution in [0.3, 0.4) is 0 Å². The first-order valence-corrected chi connectivity index (χ1v) is 11.3. The van der Waals surface area contributed by atoms with Gasteiger partial charge in [-0.05, 0) is 73.5 Å². The largest absolute Gasteiger partial charge is 0.465 e. The summed E-state index contributed by atoms with van der Waals surface area (Å²) in [6.45, 7) is 2.80. The van der Waals surface area contributed by atoms with Gasteiger partial charge >= 0.3 is 5.97 Å². The summed E-state index contributed by atoms with van der Waals surface area (Å²) in [5.74, 6) is -0.364. The number of esters is 1. The topological polar surface area (TPSA) is 79.0 Å². The van der Waals surface area contributed by atoms with E-state index in [0.29, 0.717) is 5.56 Å². The Morgan fingerprint density at radius 3 is 2.59 bits per heavy atom. The van der Waals surface area contributed by atoms with Crippen molar-refractivity contribution in [1.82, 2.24) is 9.97 Å². The molecule has 0 aliphatic carbocycles. The molecule has 6 heteroatoms. The minimum absolute atomic E-state index is 0.364. The van der Waals surface area contributed by atoms with Crippen LogP contribution in [0.5, 0.6) is 0 Å². The summed E-state index contributed by atoms with van der Waals surface area (Å²) < 4.78 is 4.87. The van der Waals surface area contributed by atoms with Crippen molar-refractivity contribution in [2.75, 3.05) is 24.3 Å². The van der Waals surface area contributed by atoms with Gasteiger partial charge in [0.25, 0.3) is 0 Å². The Morgan fingerprint density at radius 1 is 0.971 bits per heavy atom. The Hall–Kier alpha value is -4.32. The molecule has 3 N–H and O–H groups in total. The number of aromatic amines is 1. The lowest BCUT2D eigenvalue weighted by Gasteiger charge is -2.13. The van der Waals surface area contributed by atoms with Gasteiger partial charge in [0.05, 0.1) is 18.2 Å². The van der Waals surface area contributed by atoms with Crippen molar-refractivity contribution >= 4 is 44.8 Å². The molecule has 2 aromatic heterocycles. The third-order valence-electron chi connectivity index (χ3n) is 5.92. The quantitative estimate of drug-likeness (QED) is 0.257. The standard InChI is InChI=1S/C28H26N4O2/c1-18-15-27(24-16-19(28(33)34-2)7-12-26(24)31-18)32-22-10-8-21(9-11-22)29-14-13-20-17-30-25-6-4-3-5-23(20)25/h3-12,15-17,29-30H,13-14H2,1-2H3,(H,31,32). The normalized spacial score (nSPS) is 11.0. The summed E-state index contributed by atoms with van der Waals surface area (Å²) in [5, 5.41) is 9.12. The van der Waals surface area contributed by atoms with Crippen molar-refractivity contribution in [1.29, 1.82) is 0 Å². The molecule has 0 saturated carbocycles. The van der Waals surface area contributed by atoms with Gasteiger partial charge in [-0.3, -0.25) is 4.98 Å². The Morgan fingerprint density at radius 2 is 1.76 bits per heavy atom. The maximum atomic E-state index is 12.0. The lowest BCUT2D eigenvalue weighted by Crippen LogP contribution is -2.04. The fourth-order valence-corrected chi connectivity index (χ4v) is 4.21. The molecule has 0 amide bonds. The number of benzene rings is 3. The van der Waals surface area contributed by atoms with Crippen molar-refractivity contribution in [2.45, 2.75) is 13.3 Å². The molecule has 5 aromatic rings. The summed E-state index contributed by atoms with van der Waals surface area (Å²) >= 11 is 0. The van der Waals surface area contributed by atoms with Crippen molar-refractivity contribution < 1.29 is 9.53 Å². The third kappa shape index (κ3) is 4.43. The lowest BCUT2D eigenvalue weighted by molar-refractivity contribution is 0.0601. The predicted molar refractivity (Wildman–Crippen MR) is 138 cm³/mol. The number of aromatic nitrogens is 2. The lowest BCUT2D eigenvalue weighted by atomic mass is 10.1. The van der Waals surface area contributed by atoms with Crippen LogP contribution < -0.4 is 10.6 Å². The molecule has 5 rings (SSSR count). The number of methoxy groups -OCH3 is 1. The van der Waals surface area contributed by atoms with Crippen LogP contribution in [0.4, 0.5) is 17.1 Å². The summed E-state index contributed by atoms with van der Waals surface area (Å²) in [7, 11) is 1.38. The second kappa shape index (κ2) is 9.27. The molecule has 0 spiro atoms. The fraction of sp³-hybridized carbons (Fsp3) is 0.143. The number of H-pyrrole nitrogens is 1. The van der Waals surface area contributed by atoms with Gasteiger partial charge in [0, 0.05) is 51.8 Å². The highest BCUT2D eigenvalue weighted by Gasteiger charge is 2.11. The molecule has 0 aliphatic heterocycles. The second-order valence-corrected chi connectivity index (χ2v) is 8.27. The van der Waals surface area contributed by atoms with Crippen LogP contribution in [0.2, 0.25) is 0 Å². The zero-order valence-corrected chi connectivity index (χ0v) is 19.2. The number of carbonyl (C=O) groups excluding carboxylic acids is 1. The average molecular weight is 451 g/mol. The van der Waals surface area contributed by atoms with E-state index in [2.05, 4.69) is 57.1 Å². The van der Waals surface area contributed by atoms with Crippen LogP contribution in [0.1, 0.15) is 21.6 Å². The van der Waals surface area contributed by atoms with Crippen LogP contribution >= 0.6 is 0 Å². The van der Waals surface area contributed by atoms with Gasteiger partial charge < -0.3 is 20.4 Å². The maximum absolute atomic E-state index is 12.0. The van der Waals surface area contributed by atoms with Crippen molar-refractivity contribution in [3.8, 4) is 0 Å². The molecule has 0 saturated heterocycles. The zero-order valence-electron chi connectivity index (χ0n) is 19.2. The molecule has 3 aromatic carbocycles. The van der Waals surface area contributed by atoms with Crippen molar-refractivity contribution in [3.63, 3.8) is 0 Å². The van der Waals surface area contributed by atoms with Crippen molar-refractivity contribution in [2.24, 2.45) is 0 Å². The molecule has 34 heavy (non-hydrogen) atoms. The molecule has 0 bridgehead atoms. The monoisotopic (exact) mass is 450 g/mol. The molecular formula is C28H26N4O2. The average Bonchev–Trinajstić information content (AvgIpc) is 3.27. The van der Waals surface area contributed by atoms with Gasteiger partial charge in [-0.2, -0.15) is 0 Å². The van der Waals surface area contributed by atoms with E-state index >= 15 is 0 Å². The van der Waals surface area contributed by atoms with E-state index in [9.17, 15) is 4.79 Å². The number of hydrogen-bond donors (Lipinski definition) is 3. The molecule has 0 radical (unpaired) electrons. The number of anilines is 3. The number of ether oxygens (including phenoxy) is 1. The molecule has 170 valence electrons. The number of nitrogens with zero attached hydrogens (tertiary/aromatic N) is 1. The number of aryl methyl sites for hydroxylation is 1. The van der Waals surface area contributed by atoms with Crippen LogP contribution in [0.25, 0.3) is 21.8 Å². The van der Waals surface area contributed by atoms with Gasteiger partial charge in [-0.15, -0.1) is 0 Å². The van der Waals surface area contributed by atoms with Gasteiger partial charge in [0.1, 0.15) is 0 Å². The van der Waals surface area contributed by atoms with E-state index < -0.39 is 0 Å². The van der Waals surface area contributed by atoms with Crippen LogP contribution in [-0.2, 0) is 11.2 Å². The van der Waals surface area contributed by atoms with E-state index in [-0.39, 0.29) is 5.97 Å². The van der Waals surface area contributed by atoms with Gasteiger partial charge in [-0.25, -0.2) is 4.79 Å². The third-order valence-corrected chi connectivity index (χ3v) is 5.92. The number of hydrogen-bond acceptors (Lipinski definition) is 5. The predicted octanol–water partition coefficient (Wildman–Crippen LogP) is 6.21. The van der Waals surface area contributed by atoms with Crippen LogP contribution in [-0.4, -0.2) is 29.6 Å². The molecule has 6 nitrogen and oxygen atoms in total. The summed E-state index contributed by atoms with van der Waals surface area (Å²) in [6.07, 6.45) is 3.03. The molecule has 0 atom stereocenters. The molecule has 2 heterocycles. The molecule has 0 aliphatic rings. The Labute approximate surface area is 198 Å². The highest BCUT2D eigenvalue weighted by Crippen LogP contribution is 2.28. The SMILES string of the molecule is COC(=O)c1ccc2nc(C)cc(Nc3ccc(NCCc4c[nH]c5ccccc45)cc3)c2c1. The number of pyridine rings is 1. The van der Waals surface area contributed by atoms with Crippen LogP contribution in [0, 0.1) is 6.92 Å². The number of fused-ring (bicyclic) bond motifs is 2. The fourth-order valence-electron chi connectivity index (χ4n) is 4.21. The second-order valence-electron chi connectivity index (χ2n) is 8.27. The molecular weight excluding hydrogens is 424 g/mol. The minimum Gasteiger partial charge on any atom is -0.465 e. The number of para-hydroxylation sites is 1. The zero-order chi connectivity index (χ0) is 23.5. The van der Waals surface area contributed by atoms with Gasteiger partial charge in [-0.1, -0.05) is 18.2 Å². The Balaban J connectivity index is 1.28. The summed E-state index contributed by atoms with van der Waals surface area (Å²) in [6, 6.07) is 24.0. The number of rotatable bonds is 7. The van der Waals surface area contributed by atoms with E-state index in [1.807, 2.05) is 43.3 Å². The van der Waals surface area contributed by atoms with E-state index in [1.165, 1.54) is 23.6 Å². The summed E-state index contributed by atoms with van der Waals surface area (Å²) in [4.78, 5) is 19.9. The smallest absolute Gasteiger partial charge is 0.337 e. The molecule has 0 unspecified atom stereocenters. The Bertz CT molecular complexity index is 1470. The maximum Gasteiger partial charge on any atom is 0.337 e. The van der Waals surface area contributed by atoms with Gasteiger partial charge in [0.2, 0.25) is 0 Å². The first-order valence-electron chi connectivity index (χ1n) is 11.3. The van der Waals surface area contributed by atoms with E-state index in [0.717, 1.165) is 46.6 Å². The van der Waals surface area contributed by atoms with Crippen LogP contribution in [0.15, 0.2) is 79.0 Å². The van der Waals surface area contributed by atoms with E-state index in [4.69, 9.17) is 4.74 Å². The Kier molecular flexibility index (Phi) is 5.87. The van der Waals surface area contributed by atoms with E-state index in [1.54, 1.807) is 6.07 Å². The highest BCUT2D eigenvalue weighted by molar-refractivity contribution is 5.99. The minimum atomic E-state index is -0.364. The first kappa shape index (κ1) is 21.5. The summed E-state index contributed by atoms with van der Waals surface area (Å²) in [5.41, 5.74) is 7.62.